The summed E-state index contributed by atoms with van der Waals surface area (Å²) < 4.78 is 0. The monoisotopic (exact) mass is 122 g/mol. The van der Waals surface area contributed by atoms with Crippen molar-refractivity contribution in [2.45, 2.75) is 26.7 Å². The Hall–Kier alpha value is -0.520. The van der Waals surface area contributed by atoms with E-state index in [9.17, 15) is 0 Å². The van der Waals surface area contributed by atoms with Crippen molar-refractivity contribution in [3.05, 3.63) is 23.8 Å². The van der Waals surface area contributed by atoms with Gasteiger partial charge in [-0.1, -0.05) is 30.7 Å². The van der Waals surface area contributed by atoms with Crippen molar-refractivity contribution in [1.82, 2.24) is 0 Å². The second kappa shape index (κ2) is 2.86. The molecule has 0 N–H and O–H groups in total. The van der Waals surface area contributed by atoms with Crippen LogP contribution in [0, 0.1) is 5.92 Å². The van der Waals surface area contributed by atoms with Gasteiger partial charge in [-0.3, -0.25) is 0 Å². The zero-order chi connectivity index (χ0) is 6.69. The summed E-state index contributed by atoms with van der Waals surface area (Å²) in [5.74, 6) is 0.800. The Bertz CT molecular complexity index is 140. The van der Waals surface area contributed by atoms with Crippen LogP contribution < -0.4 is 0 Å². The lowest BCUT2D eigenvalue weighted by Crippen LogP contribution is -1.96. The molecule has 0 aromatic carbocycles. The van der Waals surface area contributed by atoms with Gasteiger partial charge in [0, 0.05) is 0 Å². The lowest BCUT2D eigenvalue weighted by molar-refractivity contribution is 0.631. The average Bonchev–Trinajstić information content (AvgIpc) is 1.90. The van der Waals surface area contributed by atoms with Gasteiger partial charge in [-0.15, -0.1) is 0 Å². The van der Waals surface area contributed by atoms with Crippen molar-refractivity contribution in [1.29, 1.82) is 0 Å². The molecule has 1 atom stereocenters. The Morgan fingerprint density at radius 1 is 1.67 bits per heavy atom. The highest BCUT2D eigenvalue weighted by atomic mass is 14.1. The van der Waals surface area contributed by atoms with E-state index in [2.05, 4.69) is 32.1 Å². The molecule has 0 amide bonds. The number of hydrogen-bond donors (Lipinski definition) is 0. The first-order chi connectivity index (χ1) is 4.33. The van der Waals surface area contributed by atoms with Crippen molar-refractivity contribution in [3.8, 4) is 0 Å². The maximum Gasteiger partial charge on any atom is -0.0256 e. The lowest BCUT2D eigenvalue weighted by atomic mass is 9.94. The van der Waals surface area contributed by atoms with E-state index in [1.807, 2.05) is 0 Å². The molecule has 0 bridgehead atoms. The fraction of sp³-hybridized carbons (Fsp3) is 0.556. The standard InChI is InChI=1S/C9H14/c1-3-9-6-4-8(2)5-7-9/h3-4,6,8H,5,7H2,1-2H3. The molecule has 0 heteroatoms. The Labute approximate surface area is 57.3 Å². The van der Waals surface area contributed by atoms with Gasteiger partial charge in [-0.2, -0.15) is 0 Å². The summed E-state index contributed by atoms with van der Waals surface area (Å²) in [6, 6.07) is 0. The summed E-state index contributed by atoms with van der Waals surface area (Å²) >= 11 is 0. The maximum atomic E-state index is 2.29. The fourth-order valence-corrected chi connectivity index (χ4v) is 1.10. The first-order valence-corrected chi connectivity index (χ1v) is 3.66. The van der Waals surface area contributed by atoms with E-state index in [-0.39, 0.29) is 0 Å². The summed E-state index contributed by atoms with van der Waals surface area (Å²) in [4.78, 5) is 0. The third-order valence-corrected chi connectivity index (χ3v) is 1.90. The first-order valence-electron chi connectivity index (χ1n) is 3.66. The summed E-state index contributed by atoms with van der Waals surface area (Å²) in [6.07, 6.45) is 9.33. The molecule has 0 fully saturated rings. The molecule has 0 saturated carbocycles. The molecule has 0 saturated heterocycles. The molecule has 0 radical (unpaired) electrons. The quantitative estimate of drug-likeness (QED) is 0.463. The molecule has 0 heterocycles. The zero-order valence-electron chi connectivity index (χ0n) is 6.22. The molecule has 0 aromatic rings. The van der Waals surface area contributed by atoms with E-state index in [1.54, 1.807) is 0 Å². The summed E-state index contributed by atoms with van der Waals surface area (Å²) in [5.41, 5.74) is 1.49. The summed E-state index contributed by atoms with van der Waals surface area (Å²) in [5, 5.41) is 0. The molecular formula is C9H14. The van der Waals surface area contributed by atoms with Crippen molar-refractivity contribution >= 4 is 0 Å². The molecule has 1 rings (SSSR count). The van der Waals surface area contributed by atoms with Gasteiger partial charge in [0.05, 0.1) is 0 Å². The van der Waals surface area contributed by atoms with Crippen LogP contribution >= 0.6 is 0 Å². The van der Waals surface area contributed by atoms with Crippen molar-refractivity contribution in [2.24, 2.45) is 5.92 Å². The second-order valence-electron chi connectivity index (χ2n) is 2.74. The topological polar surface area (TPSA) is 0 Å². The highest BCUT2D eigenvalue weighted by molar-refractivity contribution is 5.21. The highest BCUT2D eigenvalue weighted by Crippen LogP contribution is 2.20. The van der Waals surface area contributed by atoms with E-state index in [0.29, 0.717) is 0 Å². The molecule has 9 heavy (non-hydrogen) atoms. The summed E-state index contributed by atoms with van der Waals surface area (Å²) in [6.45, 7) is 4.37. The van der Waals surface area contributed by atoms with Crippen molar-refractivity contribution < 1.29 is 0 Å². The molecule has 50 valence electrons. The minimum absolute atomic E-state index is 0.800. The van der Waals surface area contributed by atoms with Crippen LogP contribution in [0.5, 0.6) is 0 Å². The Morgan fingerprint density at radius 3 is 2.89 bits per heavy atom. The van der Waals surface area contributed by atoms with E-state index in [1.165, 1.54) is 18.4 Å². The van der Waals surface area contributed by atoms with Crippen LogP contribution in [-0.2, 0) is 0 Å². The highest BCUT2D eigenvalue weighted by Gasteiger charge is 2.03. The molecule has 0 nitrogen and oxygen atoms in total. The second-order valence-corrected chi connectivity index (χ2v) is 2.74. The normalized spacial score (nSPS) is 31.3. The molecule has 0 aliphatic heterocycles. The van der Waals surface area contributed by atoms with Gasteiger partial charge in [-0.05, 0) is 25.7 Å². The smallest absolute Gasteiger partial charge is 0.0256 e. The Kier molecular flexibility index (Phi) is 2.10. The van der Waals surface area contributed by atoms with Crippen LogP contribution in [-0.4, -0.2) is 0 Å². The maximum absolute atomic E-state index is 2.29. The molecule has 1 unspecified atom stereocenters. The molecule has 0 spiro atoms. The first kappa shape index (κ1) is 6.60. The number of rotatable bonds is 0. The number of allylic oxidation sites excluding steroid dienone is 4. The molecule has 0 aromatic heterocycles. The van der Waals surface area contributed by atoms with E-state index in [0.717, 1.165) is 5.92 Å². The van der Waals surface area contributed by atoms with Gasteiger partial charge in [0.25, 0.3) is 0 Å². The van der Waals surface area contributed by atoms with Crippen LogP contribution in [0.2, 0.25) is 0 Å². The fourth-order valence-electron chi connectivity index (χ4n) is 1.10. The van der Waals surface area contributed by atoms with Gasteiger partial charge < -0.3 is 0 Å². The van der Waals surface area contributed by atoms with Gasteiger partial charge in [0.2, 0.25) is 0 Å². The largest absolute Gasteiger partial charge is 0.0845 e. The SMILES string of the molecule is CC=C1C=CC(C)CC1. The van der Waals surface area contributed by atoms with E-state index in [4.69, 9.17) is 0 Å². The predicted molar refractivity (Wildman–Crippen MR) is 41.3 cm³/mol. The number of hydrogen-bond acceptors (Lipinski definition) is 0. The van der Waals surface area contributed by atoms with Gasteiger partial charge >= 0.3 is 0 Å². The predicted octanol–water partition coefficient (Wildman–Crippen LogP) is 2.92. The van der Waals surface area contributed by atoms with Crippen molar-refractivity contribution in [2.75, 3.05) is 0 Å². The van der Waals surface area contributed by atoms with E-state index >= 15 is 0 Å². The van der Waals surface area contributed by atoms with E-state index < -0.39 is 0 Å². The molecule has 1 aliphatic rings. The van der Waals surface area contributed by atoms with Crippen molar-refractivity contribution in [3.63, 3.8) is 0 Å². The van der Waals surface area contributed by atoms with Gasteiger partial charge in [0.1, 0.15) is 0 Å². The lowest BCUT2D eigenvalue weighted by Gasteiger charge is -2.12. The minimum Gasteiger partial charge on any atom is -0.0845 e. The van der Waals surface area contributed by atoms with Crippen LogP contribution in [0.1, 0.15) is 26.7 Å². The molecular weight excluding hydrogens is 108 g/mol. The Morgan fingerprint density at radius 2 is 2.44 bits per heavy atom. The van der Waals surface area contributed by atoms with Crippen LogP contribution in [0.3, 0.4) is 0 Å². The van der Waals surface area contributed by atoms with Crippen LogP contribution in [0.15, 0.2) is 23.8 Å². The zero-order valence-corrected chi connectivity index (χ0v) is 6.22. The average molecular weight is 122 g/mol. The summed E-state index contributed by atoms with van der Waals surface area (Å²) in [7, 11) is 0. The minimum atomic E-state index is 0.800. The molecule has 1 aliphatic carbocycles. The van der Waals surface area contributed by atoms with Gasteiger partial charge in [-0.25, -0.2) is 0 Å². The van der Waals surface area contributed by atoms with Crippen LogP contribution in [0.4, 0.5) is 0 Å². The van der Waals surface area contributed by atoms with Gasteiger partial charge in [0.15, 0.2) is 0 Å². The Balaban J connectivity index is 2.58. The third-order valence-electron chi connectivity index (χ3n) is 1.90. The van der Waals surface area contributed by atoms with Crippen LogP contribution in [0.25, 0.3) is 0 Å². The third kappa shape index (κ3) is 1.70.